The topological polar surface area (TPSA) is 12.4 Å². The highest BCUT2D eigenvalue weighted by Gasteiger charge is 2.00. The molecule has 9 heavy (non-hydrogen) atoms. The summed E-state index contributed by atoms with van der Waals surface area (Å²) in [5.41, 5.74) is 1.01. The molecule has 1 nitrogen and oxygen atoms in total. The Bertz CT molecular complexity index is 165. The summed E-state index contributed by atoms with van der Waals surface area (Å²) in [4.78, 5) is 4.12. The Hall–Kier alpha value is -0.850. The van der Waals surface area contributed by atoms with Crippen LogP contribution in [0.3, 0.4) is 0 Å². The maximum atomic E-state index is 4.12. The lowest BCUT2D eigenvalue weighted by Crippen LogP contribution is -1.96. The summed E-state index contributed by atoms with van der Waals surface area (Å²) in [5.74, 6) is 0.635. The summed E-state index contributed by atoms with van der Waals surface area (Å²) in [7, 11) is 0. The third-order valence-electron chi connectivity index (χ3n) is 1.38. The van der Waals surface area contributed by atoms with Crippen LogP contribution < -0.4 is 0 Å². The third kappa shape index (κ3) is 1.53. The van der Waals surface area contributed by atoms with Gasteiger partial charge in [-0.15, -0.1) is 0 Å². The monoisotopic (exact) mass is 121 g/mol. The summed E-state index contributed by atoms with van der Waals surface area (Å²) in [6.45, 7) is 5.81. The van der Waals surface area contributed by atoms with E-state index in [4.69, 9.17) is 0 Å². The molecule has 0 aromatic heterocycles. The first-order valence-corrected chi connectivity index (χ1v) is 3.19. The van der Waals surface area contributed by atoms with Crippen molar-refractivity contribution in [2.75, 3.05) is 0 Å². The van der Waals surface area contributed by atoms with Gasteiger partial charge in [0.05, 0.1) is 5.70 Å². The molecular formula is C8H11N. The van der Waals surface area contributed by atoms with Gasteiger partial charge in [-0.3, -0.25) is 4.99 Å². The van der Waals surface area contributed by atoms with Crippen LogP contribution in [-0.2, 0) is 0 Å². The van der Waals surface area contributed by atoms with Crippen LogP contribution >= 0.6 is 0 Å². The lowest BCUT2D eigenvalue weighted by atomic mass is 10.1. The molecule has 0 aliphatic carbocycles. The average Bonchev–Trinajstić information content (AvgIpc) is 1.88. The molecule has 0 aromatic carbocycles. The SMILES string of the molecule is C=CC1=CC(C)CC=N1. The highest BCUT2D eigenvalue weighted by Crippen LogP contribution is 2.12. The molecule has 1 atom stereocenters. The Morgan fingerprint density at radius 3 is 3.11 bits per heavy atom. The van der Waals surface area contributed by atoms with E-state index in [0.717, 1.165) is 12.1 Å². The van der Waals surface area contributed by atoms with E-state index >= 15 is 0 Å². The van der Waals surface area contributed by atoms with Crippen LogP contribution in [0.4, 0.5) is 0 Å². The molecule has 1 heterocycles. The van der Waals surface area contributed by atoms with Gasteiger partial charge >= 0.3 is 0 Å². The first-order valence-electron chi connectivity index (χ1n) is 3.19. The number of allylic oxidation sites excluding steroid dienone is 2. The van der Waals surface area contributed by atoms with Crippen molar-refractivity contribution in [1.82, 2.24) is 0 Å². The Morgan fingerprint density at radius 2 is 2.67 bits per heavy atom. The molecule has 0 saturated heterocycles. The second-order valence-corrected chi connectivity index (χ2v) is 2.32. The van der Waals surface area contributed by atoms with Gasteiger partial charge < -0.3 is 0 Å². The van der Waals surface area contributed by atoms with E-state index in [0.29, 0.717) is 5.92 Å². The summed E-state index contributed by atoms with van der Waals surface area (Å²) in [6, 6.07) is 0. The van der Waals surface area contributed by atoms with Crippen molar-refractivity contribution < 1.29 is 0 Å². The van der Waals surface area contributed by atoms with Crippen LogP contribution in [0, 0.1) is 5.92 Å². The highest BCUT2D eigenvalue weighted by atomic mass is 14.7. The van der Waals surface area contributed by atoms with Gasteiger partial charge in [0.2, 0.25) is 0 Å². The van der Waals surface area contributed by atoms with Crippen molar-refractivity contribution in [3.63, 3.8) is 0 Å². The predicted octanol–water partition coefficient (Wildman–Crippen LogP) is 2.17. The minimum absolute atomic E-state index is 0.635. The quantitative estimate of drug-likeness (QED) is 0.504. The van der Waals surface area contributed by atoms with Crippen molar-refractivity contribution >= 4 is 6.21 Å². The standard InChI is InChI=1S/C8H11N/c1-3-8-6-7(2)4-5-9-8/h3,5-7H,1,4H2,2H3. The summed E-state index contributed by atoms with van der Waals surface area (Å²) in [6.07, 6.45) is 6.93. The Balaban J connectivity index is 2.70. The van der Waals surface area contributed by atoms with Crippen LogP contribution in [0.2, 0.25) is 0 Å². The highest BCUT2D eigenvalue weighted by molar-refractivity contribution is 5.62. The second kappa shape index (κ2) is 2.62. The summed E-state index contributed by atoms with van der Waals surface area (Å²) >= 11 is 0. The van der Waals surface area contributed by atoms with Gasteiger partial charge in [-0.2, -0.15) is 0 Å². The first kappa shape index (κ1) is 6.27. The van der Waals surface area contributed by atoms with E-state index in [1.54, 1.807) is 6.08 Å². The molecule has 0 bridgehead atoms. The molecule has 0 aromatic rings. The van der Waals surface area contributed by atoms with Crippen molar-refractivity contribution in [2.24, 2.45) is 10.9 Å². The molecule has 1 rings (SSSR count). The molecule has 0 saturated carbocycles. The van der Waals surface area contributed by atoms with Crippen molar-refractivity contribution in [2.45, 2.75) is 13.3 Å². The molecule has 48 valence electrons. The van der Waals surface area contributed by atoms with Crippen molar-refractivity contribution in [3.8, 4) is 0 Å². The zero-order valence-electron chi connectivity index (χ0n) is 5.67. The van der Waals surface area contributed by atoms with Crippen molar-refractivity contribution in [1.29, 1.82) is 0 Å². The number of hydrogen-bond donors (Lipinski definition) is 0. The molecule has 1 unspecified atom stereocenters. The predicted molar refractivity (Wildman–Crippen MR) is 40.6 cm³/mol. The van der Waals surface area contributed by atoms with Crippen LogP contribution in [-0.4, -0.2) is 6.21 Å². The Morgan fingerprint density at radius 1 is 1.89 bits per heavy atom. The van der Waals surface area contributed by atoms with Gasteiger partial charge in [0.1, 0.15) is 0 Å². The van der Waals surface area contributed by atoms with Crippen LogP contribution in [0.1, 0.15) is 13.3 Å². The Labute approximate surface area is 55.8 Å². The smallest absolute Gasteiger partial charge is 0.0582 e. The Kier molecular flexibility index (Phi) is 1.83. The zero-order valence-corrected chi connectivity index (χ0v) is 5.67. The molecule has 1 heteroatoms. The largest absolute Gasteiger partial charge is 0.262 e. The van der Waals surface area contributed by atoms with Gasteiger partial charge in [0.15, 0.2) is 0 Å². The van der Waals surface area contributed by atoms with Gasteiger partial charge in [-0.05, 0) is 18.4 Å². The fraction of sp³-hybridized carbons (Fsp3) is 0.375. The lowest BCUT2D eigenvalue weighted by molar-refractivity contribution is 0.758. The van der Waals surface area contributed by atoms with E-state index < -0.39 is 0 Å². The fourth-order valence-corrected chi connectivity index (χ4v) is 0.848. The fourth-order valence-electron chi connectivity index (χ4n) is 0.848. The maximum absolute atomic E-state index is 4.12. The van der Waals surface area contributed by atoms with E-state index in [-0.39, 0.29) is 0 Å². The molecular weight excluding hydrogens is 110 g/mol. The van der Waals surface area contributed by atoms with E-state index in [1.165, 1.54) is 0 Å². The molecule has 0 radical (unpaired) electrons. The van der Waals surface area contributed by atoms with Gasteiger partial charge in [0.25, 0.3) is 0 Å². The number of hydrogen-bond acceptors (Lipinski definition) is 1. The second-order valence-electron chi connectivity index (χ2n) is 2.32. The molecule has 1 aliphatic heterocycles. The molecule has 0 spiro atoms. The van der Waals surface area contributed by atoms with Gasteiger partial charge in [0, 0.05) is 6.21 Å². The van der Waals surface area contributed by atoms with E-state index in [1.807, 2.05) is 6.21 Å². The molecule has 0 fully saturated rings. The van der Waals surface area contributed by atoms with Crippen LogP contribution in [0.5, 0.6) is 0 Å². The lowest BCUT2D eigenvalue weighted by Gasteiger charge is -2.07. The first-order chi connectivity index (χ1) is 4.33. The molecule has 0 amide bonds. The summed E-state index contributed by atoms with van der Waals surface area (Å²) < 4.78 is 0. The minimum Gasteiger partial charge on any atom is -0.262 e. The molecule has 0 N–H and O–H groups in total. The molecule has 1 aliphatic rings. The summed E-state index contributed by atoms with van der Waals surface area (Å²) in [5, 5.41) is 0. The zero-order chi connectivity index (χ0) is 6.69. The number of nitrogens with zero attached hydrogens (tertiary/aromatic N) is 1. The maximum Gasteiger partial charge on any atom is 0.0582 e. The normalized spacial score (nSPS) is 25.4. The number of aliphatic imine (C=N–C) groups is 1. The number of rotatable bonds is 1. The van der Waals surface area contributed by atoms with Gasteiger partial charge in [-0.25, -0.2) is 0 Å². The van der Waals surface area contributed by atoms with E-state index in [9.17, 15) is 0 Å². The third-order valence-corrected chi connectivity index (χ3v) is 1.38. The van der Waals surface area contributed by atoms with Crippen LogP contribution in [0.25, 0.3) is 0 Å². The average molecular weight is 121 g/mol. The van der Waals surface area contributed by atoms with Crippen LogP contribution in [0.15, 0.2) is 29.4 Å². The van der Waals surface area contributed by atoms with Gasteiger partial charge in [-0.1, -0.05) is 19.6 Å². The van der Waals surface area contributed by atoms with Crippen molar-refractivity contribution in [3.05, 3.63) is 24.4 Å². The van der Waals surface area contributed by atoms with E-state index in [2.05, 4.69) is 24.6 Å². The minimum atomic E-state index is 0.635.